The number of carbonyl (C=O) groups is 2. The summed E-state index contributed by atoms with van der Waals surface area (Å²) in [6, 6.07) is 11.7. The predicted octanol–water partition coefficient (Wildman–Crippen LogP) is 2.92. The number of piperazine rings is 1. The second-order valence-corrected chi connectivity index (χ2v) is 6.71. The van der Waals surface area contributed by atoms with Crippen molar-refractivity contribution in [2.75, 3.05) is 32.7 Å². The Labute approximate surface area is 157 Å². The smallest absolute Gasteiger partial charge is 0.222 e. The highest BCUT2D eigenvalue weighted by atomic mass is 19.1. The Kier molecular flexibility index (Phi) is 6.29. The number of benzene rings is 2. The number of hydrogen-bond acceptors (Lipinski definition) is 3. The molecule has 6 heteroatoms. The number of amides is 1. The molecule has 1 fully saturated rings. The van der Waals surface area contributed by atoms with E-state index in [2.05, 4.69) is 0 Å². The van der Waals surface area contributed by atoms with Crippen molar-refractivity contribution in [3.05, 3.63) is 71.3 Å². The number of nitrogens with zero attached hydrogens (tertiary/aromatic N) is 2. The standard InChI is InChI=1S/C21H22F2N2O2/c22-18-6-1-16(2-7-18)3-10-21(27)25-13-11-24(12-14-25)15-20(26)17-4-8-19(23)9-5-17/h1-2,4-9H,3,10-15H2. The maximum Gasteiger partial charge on any atom is 0.222 e. The summed E-state index contributed by atoms with van der Waals surface area (Å²) < 4.78 is 25.8. The van der Waals surface area contributed by atoms with Gasteiger partial charge in [-0.15, -0.1) is 0 Å². The van der Waals surface area contributed by atoms with Crippen molar-refractivity contribution >= 4 is 11.7 Å². The Bertz CT molecular complexity index is 783. The summed E-state index contributed by atoms with van der Waals surface area (Å²) in [6.45, 7) is 2.70. The lowest BCUT2D eigenvalue weighted by Crippen LogP contribution is -2.49. The number of Topliss-reactive ketones (excluding diaryl/α,β-unsaturated/α-hetero) is 1. The third kappa shape index (κ3) is 5.44. The van der Waals surface area contributed by atoms with E-state index in [4.69, 9.17) is 0 Å². The molecule has 0 saturated carbocycles. The van der Waals surface area contributed by atoms with Gasteiger partial charge in [-0.05, 0) is 48.4 Å². The molecule has 1 aliphatic heterocycles. The number of aryl methyl sites for hydroxylation is 1. The Morgan fingerprint density at radius 1 is 0.815 bits per heavy atom. The van der Waals surface area contributed by atoms with Gasteiger partial charge in [-0.3, -0.25) is 14.5 Å². The van der Waals surface area contributed by atoms with Crippen LogP contribution in [-0.2, 0) is 11.2 Å². The molecule has 0 radical (unpaired) electrons. The Balaban J connectivity index is 1.42. The first kappa shape index (κ1) is 19.2. The average molecular weight is 372 g/mol. The largest absolute Gasteiger partial charge is 0.340 e. The molecule has 1 aliphatic rings. The van der Waals surface area contributed by atoms with Gasteiger partial charge in [0.05, 0.1) is 6.54 Å². The molecule has 1 saturated heterocycles. The van der Waals surface area contributed by atoms with E-state index in [9.17, 15) is 18.4 Å². The van der Waals surface area contributed by atoms with Crippen LogP contribution < -0.4 is 0 Å². The maximum atomic E-state index is 12.9. The molecule has 0 unspecified atom stereocenters. The topological polar surface area (TPSA) is 40.6 Å². The first-order valence-electron chi connectivity index (χ1n) is 9.04. The van der Waals surface area contributed by atoms with E-state index in [1.807, 2.05) is 9.80 Å². The van der Waals surface area contributed by atoms with Gasteiger partial charge in [0.15, 0.2) is 5.78 Å². The second kappa shape index (κ2) is 8.86. The molecule has 1 amide bonds. The van der Waals surface area contributed by atoms with Gasteiger partial charge in [0, 0.05) is 38.2 Å². The van der Waals surface area contributed by atoms with Gasteiger partial charge in [-0.25, -0.2) is 8.78 Å². The molecular weight excluding hydrogens is 350 g/mol. The fourth-order valence-corrected chi connectivity index (χ4v) is 3.15. The Morgan fingerprint density at radius 2 is 1.37 bits per heavy atom. The first-order valence-corrected chi connectivity index (χ1v) is 9.04. The number of halogens is 2. The summed E-state index contributed by atoms with van der Waals surface area (Å²) in [6.07, 6.45) is 0.975. The van der Waals surface area contributed by atoms with E-state index in [0.717, 1.165) is 5.56 Å². The molecule has 0 aliphatic carbocycles. The molecule has 1 heterocycles. The minimum absolute atomic E-state index is 0.0499. The summed E-state index contributed by atoms with van der Waals surface area (Å²) in [4.78, 5) is 28.4. The van der Waals surface area contributed by atoms with E-state index >= 15 is 0 Å². The molecule has 3 rings (SSSR count). The van der Waals surface area contributed by atoms with Crippen LogP contribution in [0.4, 0.5) is 8.78 Å². The third-order valence-electron chi connectivity index (χ3n) is 4.80. The van der Waals surface area contributed by atoms with Crippen molar-refractivity contribution in [2.24, 2.45) is 0 Å². The van der Waals surface area contributed by atoms with Gasteiger partial charge in [0.25, 0.3) is 0 Å². The molecule has 27 heavy (non-hydrogen) atoms. The lowest BCUT2D eigenvalue weighted by atomic mass is 10.1. The first-order chi connectivity index (χ1) is 13.0. The highest BCUT2D eigenvalue weighted by molar-refractivity contribution is 5.97. The van der Waals surface area contributed by atoms with E-state index in [0.29, 0.717) is 44.6 Å². The highest BCUT2D eigenvalue weighted by Crippen LogP contribution is 2.10. The van der Waals surface area contributed by atoms with E-state index in [1.54, 1.807) is 12.1 Å². The summed E-state index contributed by atoms with van der Waals surface area (Å²) in [7, 11) is 0. The van der Waals surface area contributed by atoms with Crippen LogP contribution in [0.25, 0.3) is 0 Å². The number of ketones is 1. The van der Waals surface area contributed by atoms with Crippen LogP contribution in [0.3, 0.4) is 0 Å². The zero-order valence-electron chi connectivity index (χ0n) is 15.0. The fourth-order valence-electron chi connectivity index (χ4n) is 3.15. The molecule has 0 N–H and O–H groups in total. The zero-order valence-corrected chi connectivity index (χ0v) is 15.0. The van der Waals surface area contributed by atoms with Crippen LogP contribution in [-0.4, -0.2) is 54.2 Å². The summed E-state index contributed by atoms with van der Waals surface area (Å²) >= 11 is 0. The predicted molar refractivity (Wildman–Crippen MR) is 98.5 cm³/mol. The maximum absolute atomic E-state index is 12.9. The molecule has 2 aromatic rings. The van der Waals surface area contributed by atoms with Crippen LogP contribution in [0.1, 0.15) is 22.3 Å². The summed E-state index contributed by atoms with van der Waals surface area (Å²) in [5.41, 5.74) is 1.43. The van der Waals surface area contributed by atoms with Crippen LogP contribution >= 0.6 is 0 Å². The van der Waals surface area contributed by atoms with Crippen LogP contribution in [0.5, 0.6) is 0 Å². The monoisotopic (exact) mass is 372 g/mol. The molecule has 0 bridgehead atoms. The van der Waals surface area contributed by atoms with Crippen molar-refractivity contribution in [1.29, 1.82) is 0 Å². The molecule has 0 spiro atoms. The number of carbonyl (C=O) groups excluding carboxylic acids is 2. The SMILES string of the molecule is O=C(CN1CCN(C(=O)CCc2ccc(F)cc2)CC1)c1ccc(F)cc1. The van der Waals surface area contributed by atoms with Crippen molar-refractivity contribution in [3.8, 4) is 0 Å². The van der Waals surface area contributed by atoms with Gasteiger partial charge in [-0.2, -0.15) is 0 Å². The van der Waals surface area contributed by atoms with Crippen molar-refractivity contribution in [3.63, 3.8) is 0 Å². The quantitative estimate of drug-likeness (QED) is 0.732. The zero-order chi connectivity index (χ0) is 19.2. The van der Waals surface area contributed by atoms with Crippen LogP contribution in [0.2, 0.25) is 0 Å². The lowest BCUT2D eigenvalue weighted by molar-refractivity contribution is -0.132. The lowest BCUT2D eigenvalue weighted by Gasteiger charge is -2.34. The van der Waals surface area contributed by atoms with Gasteiger partial charge in [0.2, 0.25) is 5.91 Å². The average Bonchev–Trinajstić information content (AvgIpc) is 2.68. The van der Waals surface area contributed by atoms with Crippen LogP contribution in [0, 0.1) is 11.6 Å². The Hall–Kier alpha value is -2.60. The highest BCUT2D eigenvalue weighted by Gasteiger charge is 2.22. The van der Waals surface area contributed by atoms with Gasteiger partial charge in [-0.1, -0.05) is 12.1 Å². The van der Waals surface area contributed by atoms with Crippen LogP contribution in [0.15, 0.2) is 48.5 Å². The second-order valence-electron chi connectivity index (χ2n) is 6.71. The van der Waals surface area contributed by atoms with Crippen molar-refractivity contribution in [1.82, 2.24) is 9.80 Å². The number of hydrogen-bond donors (Lipinski definition) is 0. The molecule has 2 aromatic carbocycles. The molecule has 0 atom stereocenters. The van der Waals surface area contributed by atoms with Gasteiger partial charge in [0.1, 0.15) is 11.6 Å². The third-order valence-corrected chi connectivity index (χ3v) is 4.80. The molecule has 4 nitrogen and oxygen atoms in total. The normalized spacial score (nSPS) is 15.0. The van der Waals surface area contributed by atoms with E-state index in [-0.39, 0.29) is 29.9 Å². The van der Waals surface area contributed by atoms with Gasteiger partial charge < -0.3 is 4.90 Å². The summed E-state index contributed by atoms with van der Waals surface area (Å²) in [5, 5.41) is 0. The molecule has 142 valence electrons. The van der Waals surface area contributed by atoms with Crippen molar-refractivity contribution < 1.29 is 18.4 Å². The Morgan fingerprint density at radius 3 is 1.96 bits per heavy atom. The molecule has 0 aromatic heterocycles. The van der Waals surface area contributed by atoms with Crippen molar-refractivity contribution in [2.45, 2.75) is 12.8 Å². The minimum Gasteiger partial charge on any atom is -0.340 e. The van der Waals surface area contributed by atoms with E-state index < -0.39 is 0 Å². The minimum atomic E-state index is -0.362. The molecular formula is C21H22F2N2O2. The fraction of sp³-hybridized carbons (Fsp3) is 0.333. The van der Waals surface area contributed by atoms with E-state index in [1.165, 1.54) is 36.4 Å². The summed E-state index contributed by atoms with van der Waals surface area (Å²) in [5.74, 6) is -0.620. The van der Waals surface area contributed by atoms with Gasteiger partial charge >= 0.3 is 0 Å². The number of rotatable bonds is 6.